The number of rotatable bonds is 6. The summed E-state index contributed by atoms with van der Waals surface area (Å²) in [5, 5.41) is 0.234. The number of amides is 3. The number of carbonyl (C=O) groups excluding carboxylic acids is 3. The number of ether oxygens (including phenoxy) is 2. The van der Waals surface area contributed by atoms with E-state index in [0.29, 0.717) is 31.0 Å². The van der Waals surface area contributed by atoms with E-state index in [0.717, 1.165) is 16.0 Å². The first-order valence-corrected chi connectivity index (χ1v) is 10.9. The zero-order valence-electron chi connectivity index (χ0n) is 23.5. The van der Waals surface area contributed by atoms with E-state index in [9.17, 15) is 14.4 Å². The number of piperidine rings is 1. The highest BCUT2D eigenvalue weighted by atomic mass is 16.5. The number of benzene rings is 2. The Morgan fingerprint density at radius 3 is 2.76 bits per heavy atom. The third-order valence-electron chi connectivity index (χ3n) is 5.97. The summed E-state index contributed by atoms with van der Waals surface area (Å²) in [7, 11) is 0. The van der Waals surface area contributed by atoms with Crippen molar-refractivity contribution in [3.8, 4) is 5.75 Å². The van der Waals surface area contributed by atoms with Crippen LogP contribution in [0.2, 0.25) is 1.41 Å². The summed E-state index contributed by atoms with van der Waals surface area (Å²) in [5.41, 5.74) is 1.87. The molecule has 0 radical (unpaired) electrons. The van der Waals surface area contributed by atoms with Crippen LogP contribution in [-0.2, 0) is 34.0 Å². The van der Waals surface area contributed by atoms with Gasteiger partial charge in [-0.1, -0.05) is 36.9 Å². The normalized spacial score (nSPS) is 25.8. The van der Waals surface area contributed by atoms with Crippen molar-refractivity contribution in [2.24, 2.45) is 0 Å². The lowest BCUT2D eigenvalue weighted by atomic mass is 10.0. The van der Waals surface area contributed by atoms with Crippen molar-refractivity contribution < 1.29 is 30.8 Å². The van der Waals surface area contributed by atoms with Crippen molar-refractivity contribution in [3.05, 3.63) is 77.0 Å². The van der Waals surface area contributed by atoms with Gasteiger partial charge in [-0.15, -0.1) is 0 Å². The van der Waals surface area contributed by atoms with Crippen LogP contribution in [-0.4, -0.2) is 53.3 Å². The SMILES string of the molecule is [2H]N1C(=C)C([2H])([2H])C([2H])([2H])C(N2Cc3c(OCc4ccc(CN5CCOCC5=O)cc4)cccc3C2=O)C1=O. The first-order chi connectivity index (χ1) is 18.4. The lowest BCUT2D eigenvalue weighted by Gasteiger charge is -2.31. The summed E-state index contributed by atoms with van der Waals surface area (Å²) < 4.78 is 52.2. The third kappa shape index (κ3) is 4.41. The molecule has 2 aromatic carbocycles. The van der Waals surface area contributed by atoms with E-state index in [4.69, 9.17) is 16.4 Å². The van der Waals surface area contributed by atoms with Crippen LogP contribution in [0.15, 0.2) is 54.7 Å². The van der Waals surface area contributed by atoms with Crippen LogP contribution in [0.25, 0.3) is 0 Å². The van der Waals surface area contributed by atoms with E-state index >= 15 is 0 Å². The summed E-state index contributed by atoms with van der Waals surface area (Å²) in [4.78, 5) is 40.8. The highest BCUT2D eigenvalue weighted by Gasteiger charge is 2.39. The number of allylic oxidation sites excluding steroid dienone is 1. The quantitative estimate of drug-likeness (QED) is 0.706. The van der Waals surface area contributed by atoms with E-state index in [-0.39, 0.29) is 36.5 Å². The van der Waals surface area contributed by atoms with Gasteiger partial charge in [0.05, 0.1) is 13.2 Å². The molecule has 2 saturated heterocycles. The average molecular weight is 467 g/mol. The highest BCUT2D eigenvalue weighted by molar-refractivity contribution is 6.02. The maximum atomic E-state index is 13.3. The smallest absolute Gasteiger partial charge is 0.255 e. The van der Waals surface area contributed by atoms with Crippen molar-refractivity contribution in [1.29, 1.82) is 0 Å². The number of nitrogens with zero attached hydrogens (tertiary/aromatic N) is 2. The fourth-order valence-electron chi connectivity index (χ4n) is 4.16. The van der Waals surface area contributed by atoms with Crippen molar-refractivity contribution in [2.45, 2.75) is 38.5 Å². The number of carbonyl (C=O) groups is 3. The van der Waals surface area contributed by atoms with E-state index in [1.807, 2.05) is 24.3 Å². The Balaban J connectivity index is 1.31. The average Bonchev–Trinajstić information content (AvgIpc) is 3.24. The molecule has 176 valence electrons. The van der Waals surface area contributed by atoms with Crippen molar-refractivity contribution >= 4 is 17.7 Å². The lowest BCUT2D eigenvalue weighted by molar-refractivity contribution is -0.143. The standard InChI is InChI=1S/C26H27N3O5/c1-17-5-10-22(25(31)27-17)29-14-21-20(26(29)32)3-2-4-23(21)34-15-19-8-6-18(7-9-19)13-28-11-12-33-16-24(28)30/h2-4,6-9,22H,1,5,10-16H2,(H,27,31)/i5D2,10D2/hD. The zero-order chi connectivity index (χ0) is 28.1. The molecule has 0 bridgehead atoms. The van der Waals surface area contributed by atoms with Crippen LogP contribution in [0.3, 0.4) is 0 Å². The molecule has 0 saturated carbocycles. The minimum atomic E-state index is -2.81. The van der Waals surface area contributed by atoms with Gasteiger partial charge in [-0.25, -0.2) is 0 Å². The molecule has 8 nitrogen and oxygen atoms in total. The molecule has 2 fully saturated rings. The van der Waals surface area contributed by atoms with Gasteiger partial charge in [0.15, 0.2) is 1.41 Å². The second-order valence-corrected chi connectivity index (χ2v) is 8.26. The Kier molecular flexibility index (Phi) is 4.62. The molecule has 8 heteroatoms. The molecule has 3 amide bonds. The van der Waals surface area contributed by atoms with Gasteiger partial charge >= 0.3 is 0 Å². The summed E-state index contributed by atoms with van der Waals surface area (Å²) in [6.07, 6.45) is -5.56. The number of morpholine rings is 1. The van der Waals surface area contributed by atoms with Gasteiger partial charge in [-0.05, 0) is 36.0 Å². The molecule has 3 heterocycles. The molecule has 0 aromatic heterocycles. The van der Waals surface area contributed by atoms with E-state index in [1.165, 1.54) is 0 Å². The van der Waals surface area contributed by atoms with Crippen LogP contribution in [0, 0.1) is 0 Å². The number of fused-ring (bicyclic) bond motifs is 1. The molecule has 34 heavy (non-hydrogen) atoms. The first kappa shape index (κ1) is 16.9. The van der Waals surface area contributed by atoms with Gasteiger partial charge in [0.25, 0.3) is 5.91 Å². The van der Waals surface area contributed by atoms with Crippen LogP contribution >= 0.6 is 0 Å². The number of hydrogen-bond acceptors (Lipinski definition) is 5. The highest BCUT2D eigenvalue weighted by Crippen LogP contribution is 2.34. The minimum absolute atomic E-state index is 0.0466. The molecular formula is C26H27N3O5. The van der Waals surface area contributed by atoms with Gasteiger partial charge < -0.3 is 24.6 Å². The molecule has 1 unspecified atom stereocenters. The van der Waals surface area contributed by atoms with Crippen LogP contribution in [0.4, 0.5) is 0 Å². The largest absolute Gasteiger partial charge is 0.489 e. The number of hydrogen-bond donors (Lipinski definition) is 1. The third-order valence-corrected chi connectivity index (χ3v) is 5.97. The minimum Gasteiger partial charge on any atom is -0.489 e. The molecule has 3 aliphatic rings. The monoisotopic (exact) mass is 466 g/mol. The zero-order valence-corrected chi connectivity index (χ0v) is 18.5. The summed E-state index contributed by atoms with van der Waals surface area (Å²) in [6.45, 7) is 5.02. The van der Waals surface area contributed by atoms with Gasteiger partial charge in [0.2, 0.25) is 11.8 Å². The Labute approximate surface area is 205 Å². The predicted molar refractivity (Wildman–Crippen MR) is 124 cm³/mol. The molecule has 2 aromatic rings. The van der Waals surface area contributed by atoms with Crippen LogP contribution in [0.1, 0.15) is 45.3 Å². The van der Waals surface area contributed by atoms with E-state index < -0.39 is 36.3 Å². The fourth-order valence-corrected chi connectivity index (χ4v) is 4.16. The Bertz CT molecular complexity index is 1350. The second kappa shape index (κ2) is 9.30. The second-order valence-electron chi connectivity index (χ2n) is 8.26. The maximum Gasteiger partial charge on any atom is 0.255 e. The van der Waals surface area contributed by atoms with Gasteiger partial charge in [-0.2, -0.15) is 0 Å². The Morgan fingerprint density at radius 2 is 1.97 bits per heavy atom. The molecule has 3 aliphatic heterocycles. The van der Waals surface area contributed by atoms with Gasteiger partial charge in [-0.3, -0.25) is 14.4 Å². The van der Waals surface area contributed by atoms with Gasteiger partial charge in [0.1, 0.15) is 25.0 Å². The molecule has 1 atom stereocenters. The molecule has 1 N–H and O–H groups in total. The lowest BCUT2D eigenvalue weighted by Crippen LogP contribution is -2.49. The molecule has 0 aliphatic carbocycles. The topological polar surface area (TPSA) is 88.2 Å². The summed E-state index contributed by atoms with van der Waals surface area (Å²) in [5.74, 6) is -1.38. The predicted octanol–water partition coefficient (Wildman–Crippen LogP) is 2.37. The van der Waals surface area contributed by atoms with Crippen molar-refractivity contribution in [1.82, 2.24) is 15.1 Å². The molecular weight excluding hydrogens is 434 g/mol. The fraction of sp³-hybridized carbons (Fsp3) is 0.346. The van der Waals surface area contributed by atoms with Crippen molar-refractivity contribution in [3.63, 3.8) is 0 Å². The van der Waals surface area contributed by atoms with Gasteiger partial charge in [0, 0.05) is 35.4 Å². The van der Waals surface area contributed by atoms with Crippen LogP contribution in [0.5, 0.6) is 5.75 Å². The van der Waals surface area contributed by atoms with Crippen molar-refractivity contribution in [2.75, 3.05) is 19.8 Å². The molecule has 0 spiro atoms. The Morgan fingerprint density at radius 1 is 1.18 bits per heavy atom. The first-order valence-electron chi connectivity index (χ1n) is 13.4. The Hall–Kier alpha value is -3.65. The summed E-state index contributed by atoms with van der Waals surface area (Å²) >= 11 is 0. The molecule has 5 rings (SSSR count). The number of nitrogens with one attached hydrogen (secondary N) is 1. The van der Waals surface area contributed by atoms with Crippen LogP contribution < -0.4 is 10.0 Å². The summed E-state index contributed by atoms with van der Waals surface area (Å²) in [6, 6.07) is 10.6. The maximum absolute atomic E-state index is 13.3. The van der Waals surface area contributed by atoms with E-state index in [1.54, 1.807) is 23.1 Å². The van der Waals surface area contributed by atoms with E-state index in [2.05, 4.69) is 6.58 Å².